The number of nitrogens with zero attached hydrogens (tertiary/aromatic N) is 1. The fraction of sp³-hybridized carbons (Fsp3) is 0.100. The van der Waals surface area contributed by atoms with Crippen molar-refractivity contribution >= 4 is 12.6 Å². The zero-order valence-corrected chi connectivity index (χ0v) is 7.61. The van der Waals surface area contributed by atoms with E-state index in [1.54, 1.807) is 0 Å². The lowest BCUT2D eigenvalue weighted by atomic mass is 10.1. The molecule has 1 aromatic rings. The summed E-state index contributed by atoms with van der Waals surface area (Å²) in [5.41, 5.74) is 0.798. The molecule has 1 nitrogen and oxygen atoms in total. The molecule has 1 rings (SSSR count). The van der Waals surface area contributed by atoms with Crippen LogP contribution >= 0.6 is 12.6 Å². The molecule has 0 bridgehead atoms. The minimum atomic E-state index is -0.423. The molecule has 0 aromatic heterocycles. The van der Waals surface area contributed by atoms with Crippen molar-refractivity contribution in [1.29, 1.82) is 5.26 Å². The van der Waals surface area contributed by atoms with E-state index >= 15 is 0 Å². The van der Waals surface area contributed by atoms with E-state index in [-0.39, 0.29) is 5.56 Å². The van der Waals surface area contributed by atoms with Gasteiger partial charge in [-0.05, 0) is 18.2 Å². The zero-order chi connectivity index (χ0) is 9.68. The van der Waals surface area contributed by atoms with E-state index in [4.69, 9.17) is 5.26 Å². The van der Waals surface area contributed by atoms with Crippen LogP contribution in [0.1, 0.15) is 11.1 Å². The SMILES string of the molecule is N#Cc1cc(F)ccc1C#CCS. The second-order valence-electron chi connectivity index (χ2n) is 2.26. The highest BCUT2D eigenvalue weighted by Crippen LogP contribution is 2.08. The summed E-state index contributed by atoms with van der Waals surface area (Å²) in [7, 11) is 0. The van der Waals surface area contributed by atoms with Crippen molar-refractivity contribution in [3.8, 4) is 17.9 Å². The molecule has 0 fully saturated rings. The Bertz CT molecular complexity index is 409. The van der Waals surface area contributed by atoms with Gasteiger partial charge >= 0.3 is 0 Å². The highest BCUT2D eigenvalue weighted by Gasteiger charge is 1.99. The second-order valence-corrected chi connectivity index (χ2v) is 2.58. The number of hydrogen-bond donors (Lipinski definition) is 1. The molecule has 0 aliphatic rings. The van der Waals surface area contributed by atoms with Gasteiger partial charge in [0.1, 0.15) is 11.9 Å². The molecule has 64 valence electrons. The van der Waals surface area contributed by atoms with Crippen LogP contribution in [0.25, 0.3) is 0 Å². The van der Waals surface area contributed by atoms with Crippen molar-refractivity contribution in [3.63, 3.8) is 0 Å². The smallest absolute Gasteiger partial charge is 0.124 e. The third-order valence-corrected chi connectivity index (χ3v) is 1.56. The highest BCUT2D eigenvalue weighted by atomic mass is 32.1. The van der Waals surface area contributed by atoms with Crippen LogP contribution in [-0.4, -0.2) is 5.75 Å². The molecule has 0 aliphatic heterocycles. The zero-order valence-electron chi connectivity index (χ0n) is 6.71. The lowest BCUT2D eigenvalue weighted by molar-refractivity contribution is 0.627. The molecule has 0 heterocycles. The molecule has 1 aromatic carbocycles. The van der Waals surface area contributed by atoms with Crippen LogP contribution in [0.15, 0.2) is 18.2 Å². The van der Waals surface area contributed by atoms with E-state index < -0.39 is 5.82 Å². The molecular formula is C10H6FNS. The summed E-state index contributed by atoms with van der Waals surface area (Å²) < 4.78 is 12.6. The monoisotopic (exact) mass is 191 g/mol. The first-order chi connectivity index (χ1) is 6.27. The Kier molecular flexibility index (Phi) is 3.37. The van der Waals surface area contributed by atoms with E-state index in [0.29, 0.717) is 11.3 Å². The molecule has 3 heteroatoms. The van der Waals surface area contributed by atoms with Crippen LogP contribution in [0.3, 0.4) is 0 Å². The number of rotatable bonds is 0. The Hall–Kier alpha value is -1.45. The number of hydrogen-bond acceptors (Lipinski definition) is 2. The van der Waals surface area contributed by atoms with Gasteiger partial charge in [0.25, 0.3) is 0 Å². The van der Waals surface area contributed by atoms with Crippen molar-refractivity contribution in [1.82, 2.24) is 0 Å². The average Bonchev–Trinajstić information content (AvgIpc) is 2.16. The van der Waals surface area contributed by atoms with Gasteiger partial charge in [0.2, 0.25) is 0 Å². The molecule has 0 radical (unpaired) electrons. The minimum absolute atomic E-state index is 0.259. The van der Waals surface area contributed by atoms with Crippen LogP contribution in [-0.2, 0) is 0 Å². The molecule has 0 spiro atoms. The lowest BCUT2D eigenvalue weighted by Gasteiger charge is -1.93. The summed E-state index contributed by atoms with van der Waals surface area (Å²) in [6.07, 6.45) is 0. The number of benzene rings is 1. The predicted octanol–water partition coefficient (Wildman–Crippen LogP) is 1.98. The van der Waals surface area contributed by atoms with Crippen molar-refractivity contribution < 1.29 is 4.39 Å². The summed E-state index contributed by atoms with van der Waals surface area (Å²) in [6, 6.07) is 5.82. The third-order valence-electron chi connectivity index (χ3n) is 1.40. The number of thiol groups is 1. The standard InChI is InChI=1S/C10H6FNS/c11-10-4-3-8(2-1-5-13)9(6-10)7-12/h3-4,6,13H,5H2. The molecule has 0 saturated heterocycles. The van der Waals surface area contributed by atoms with E-state index in [1.807, 2.05) is 6.07 Å². The molecule has 0 saturated carbocycles. The number of halogens is 1. The van der Waals surface area contributed by atoms with Gasteiger partial charge in [0.05, 0.1) is 11.3 Å². The topological polar surface area (TPSA) is 23.8 Å². The Labute approximate surface area is 81.6 Å². The van der Waals surface area contributed by atoms with Gasteiger partial charge in [-0.15, -0.1) is 0 Å². The summed E-state index contributed by atoms with van der Waals surface area (Å²) >= 11 is 3.90. The molecule has 13 heavy (non-hydrogen) atoms. The van der Waals surface area contributed by atoms with Gasteiger partial charge in [0, 0.05) is 5.56 Å². The van der Waals surface area contributed by atoms with Crippen LogP contribution in [0, 0.1) is 29.0 Å². The van der Waals surface area contributed by atoms with Gasteiger partial charge < -0.3 is 0 Å². The van der Waals surface area contributed by atoms with Crippen molar-refractivity contribution in [2.24, 2.45) is 0 Å². The maximum Gasteiger partial charge on any atom is 0.124 e. The van der Waals surface area contributed by atoms with E-state index in [0.717, 1.165) is 0 Å². The molecular weight excluding hydrogens is 185 g/mol. The predicted molar refractivity (Wildman–Crippen MR) is 51.8 cm³/mol. The van der Waals surface area contributed by atoms with Crippen LogP contribution in [0.4, 0.5) is 4.39 Å². The normalized spacial score (nSPS) is 8.38. The Balaban J connectivity index is 3.16. The van der Waals surface area contributed by atoms with E-state index in [1.165, 1.54) is 18.2 Å². The maximum absolute atomic E-state index is 12.6. The van der Waals surface area contributed by atoms with Gasteiger partial charge in [-0.1, -0.05) is 11.8 Å². The largest absolute Gasteiger partial charge is 0.207 e. The van der Waals surface area contributed by atoms with Gasteiger partial charge in [-0.2, -0.15) is 17.9 Å². The maximum atomic E-state index is 12.6. The molecule has 0 atom stereocenters. The van der Waals surface area contributed by atoms with Crippen LogP contribution < -0.4 is 0 Å². The summed E-state index contributed by atoms with van der Waals surface area (Å²) in [6.45, 7) is 0. The van der Waals surface area contributed by atoms with Crippen molar-refractivity contribution in [2.45, 2.75) is 0 Å². The first-order valence-electron chi connectivity index (χ1n) is 3.57. The second kappa shape index (κ2) is 4.54. The third kappa shape index (κ3) is 2.50. The van der Waals surface area contributed by atoms with Crippen molar-refractivity contribution in [2.75, 3.05) is 5.75 Å². The summed E-state index contributed by atoms with van der Waals surface area (Å²) in [4.78, 5) is 0. The van der Waals surface area contributed by atoms with Crippen molar-refractivity contribution in [3.05, 3.63) is 35.1 Å². The Morgan fingerprint density at radius 1 is 1.38 bits per heavy atom. The quantitative estimate of drug-likeness (QED) is 0.492. The van der Waals surface area contributed by atoms with E-state index in [9.17, 15) is 4.39 Å². The number of nitriles is 1. The molecule has 0 aliphatic carbocycles. The first kappa shape index (κ1) is 9.64. The molecule has 0 unspecified atom stereocenters. The Morgan fingerprint density at radius 3 is 2.77 bits per heavy atom. The fourth-order valence-electron chi connectivity index (χ4n) is 0.853. The van der Waals surface area contributed by atoms with Crippen LogP contribution in [0.5, 0.6) is 0 Å². The van der Waals surface area contributed by atoms with E-state index in [2.05, 4.69) is 24.5 Å². The van der Waals surface area contributed by atoms with Gasteiger partial charge in [-0.25, -0.2) is 4.39 Å². The van der Waals surface area contributed by atoms with Gasteiger partial charge in [-0.3, -0.25) is 0 Å². The average molecular weight is 191 g/mol. The lowest BCUT2D eigenvalue weighted by Crippen LogP contribution is -1.85. The summed E-state index contributed by atoms with van der Waals surface area (Å²) in [5, 5.41) is 8.64. The molecule has 0 N–H and O–H groups in total. The summed E-state index contributed by atoms with van der Waals surface area (Å²) in [5.74, 6) is 5.42. The minimum Gasteiger partial charge on any atom is -0.207 e. The fourth-order valence-corrected chi connectivity index (χ4v) is 0.932. The first-order valence-corrected chi connectivity index (χ1v) is 4.20. The van der Waals surface area contributed by atoms with Gasteiger partial charge in [0.15, 0.2) is 0 Å². The Morgan fingerprint density at radius 2 is 2.15 bits per heavy atom. The highest BCUT2D eigenvalue weighted by molar-refractivity contribution is 7.80. The van der Waals surface area contributed by atoms with Crippen LogP contribution in [0.2, 0.25) is 0 Å². The molecule has 0 amide bonds.